The predicted octanol–water partition coefficient (Wildman–Crippen LogP) is 4.38. The molecule has 3 nitrogen and oxygen atoms in total. The quantitative estimate of drug-likeness (QED) is 0.628. The minimum Gasteiger partial charge on any atom is -0.330 e. The summed E-state index contributed by atoms with van der Waals surface area (Å²) in [6.07, 6.45) is 4.07. The number of hydrogen-bond donors (Lipinski definition) is 2. The van der Waals surface area contributed by atoms with Gasteiger partial charge in [-0.2, -0.15) is 5.10 Å². The van der Waals surface area contributed by atoms with E-state index >= 15 is 0 Å². The van der Waals surface area contributed by atoms with Gasteiger partial charge < -0.3 is 5.32 Å². The van der Waals surface area contributed by atoms with E-state index in [0.717, 1.165) is 18.6 Å². The van der Waals surface area contributed by atoms with Gasteiger partial charge in [-0.05, 0) is 56.3 Å². The van der Waals surface area contributed by atoms with Crippen molar-refractivity contribution in [1.29, 1.82) is 0 Å². The van der Waals surface area contributed by atoms with Crippen LogP contribution in [0.15, 0.2) is 34.9 Å². The van der Waals surface area contributed by atoms with Gasteiger partial charge in [0.25, 0.3) is 0 Å². The molecule has 19 heavy (non-hydrogen) atoms. The Bertz CT molecular complexity index is 567. The van der Waals surface area contributed by atoms with E-state index in [-0.39, 0.29) is 0 Å². The Morgan fingerprint density at radius 3 is 2.74 bits per heavy atom. The Morgan fingerprint density at radius 1 is 1.32 bits per heavy atom. The third kappa shape index (κ3) is 4.20. The summed E-state index contributed by atoms with van der Waals surface area (Å²) in [5, 5.41) is 8.71. The Balaban J connectivity index is 1.94. The van der Waals surface area contributed by atoms with Crippen molar-refractivity contribution in [3.8, 4) is 0 Å². The van der Waals surface area contributed by atoms with Crippen LogP contribution in [-0.2, 0) is 0 Å². The first-order chi connectivity index (χ1) is 9.04. The van der Waals surface area contributed by atoms with Gasteiger partial charge in [0, 0.05) is 5.02 Å². The van der Waals surface area contributed by atoms with Crippen LogP contribution in [0, 0.1) is 0 Å². The van der Waals surface area contributed by atoms with E-state index in [2.05, 4.69) is 28.8 Å². The minimum absolute atomic E-state index is 0.398. The zero-order chi connectivity index (χ0) is 13.8. The molecule has 6 heteroatoms. The van der Waals surface area contributed by atoms with E-state index in [1.165, 1.54) is 5.57 Å². The van der Waals surface area contributed by atoms with Crippen molar-refractivity contribution in [2.75, 3.05) is 5.32 Å². The van der Waals surface area contributed by atoms with Gasteiger partial charge in [0.15, 0.2) is 5.11 Å². The van der Waals surface area contributed by atoms with Gasteiger partial charge in [0.2, 0.25) is 0 Å². The second-order valence-corrected chi connectivity index (χ2v) is 5.54. The number of hydrogen-bond acceptors (Lipinski definition) is 2. The van der Waals surface area contributed by atoms with Crippen molar-refractivity contribution >= 4 is 51.9 Å². The van der Waals surface area contributed by atoms with Crippen molar-refractivity contribution < 1.29 is 0 Å². The molecule has 0 bridgehead atoms. The van der Waals surface area contributed by atoms with Crippen LogP contribution in [0.2, 0.25) is 10.0 Å². The summed E-state index contributed by atoms with van der Waals surface area (Å²) in [7, 11) is 0. The molecule has 0 heterocycles. The number of benzene rings is 1. The molecule has 0 unspecified atom stereocenters. The fraction of sp³-hybridized carbons (Fsp3) is 0.231. The fourth-order valence-corrected chi connectivity index (χ4v) is 2.32. The first kappa shape index (κ1) is 14.3. The summed E-state index contributed by atoms with van der Waals surface area (Å²) in [6, 6.07) is 5.17. The van der Waals surface area contributed by atoms with Gasteiger partial charge in [-0.3, -0.25) is 5.43 Å². The molecule has 1 aromatic carbocycles. The van der Waals surface area contributed by atoms with E-state index in [9.17, 15) is 0 Å². The monoisotopic (exact) mass is 313 g/mol. The molecule has 2 N–H and O–H groups in total. The number of rotatable bonds is 2. The van der Waals surface area contributed by atoms with Crippen LogP contribution in [0.25, 0.3) is 0 Å². The van der Waals surface area contributed by atoms with E-state index in [0.29, 0.717) is 20.8 Å². The van der Waals surface area contributed by atoms with E-state index < -0.39 is 0 Å². The van der Waals surface area contributed by atoms with E-state index in [4.69, 9.17) is 35.4 Å². The second kappa shape index (κ2) is 6.37. The summed E-state index contributed by atoms with van der Waals surface area (Å²) in [6.45, 7) is 2.09. The Morgan fingerprint density at radius 2 is 2.11 bits per heavy atom. The highest BCUT2D eigenvalue weighted by molar-refractivity contribution is 7.80. The largest absolute Gasteiger partial charge is 0.330 e. The summed E-state index contributed by atoms with van der Waals surface area (Å²) in [5.74, 6) is 0. The maximum atomic E-state index is 6.04. The van der Waals surface area contributed by atoms with Gasteiger partial charge in [0.1, 0.15) is 0 Å². The summed E-state index contributed by atoms with van der Waals surface area (Å²) in [4.78, 5) is 0. The average Bonchev–Trinajstić information content (AvgIpc) is 2.76. The van der Waals surface area contributed by atoms with Gasteiger partial charge in [-0.15, -0.1) is 0 Å². The topological polar surface area (TPSA) is 36.4 Å². The zero-order valence-electron chi connectivity index (χ0n) is 10.3. The van der Waals surface area contributed by atoms with Crippen LogP contribution >= 0.6 is 35.4 Å². The molecule has 0 aliphatic heterocycles. The normalized spacial score (nSPS) is 16.4. The van der Waals surface area contributed by atoms with E-state index in [1.54, 1.807) is 18.2 Å². The summed E-state index contributed by atoms with van der Waals surface area (Å²) < 4.78 is 0. The number of allylic oxidation sites excluding steroid dienone is 2. The molecule has 2 rings (SSSR count). The molecule has 0 saturated heterocycles. The van der Waals surface area contributed by atoms with E-state index in [1.807, 2.05) is 0 Å². The molecule has 0 amide bonds. The van der Waals surface area contributed by atoms with Gasteiger partial charge >= 0.3 is 0 Å². The molecule has 0 fully saturated rings. The van der Waals surface area contributed by atoms with Gasteiger partial charge in [-0.25, -0.2) is 0 Å². The van der Waals surface area contributed by atoms with Crippen molar-refractivity contribution in [3.05, 3.63) is 39.9 Å². The maximum Gasteiger partial charge on any atom is 0.191 e. The molecule has 0 atom stereocenters. The zero-order valence-corrected chi connectivity index (χ0v) is 12.7. The lowest BCUT2D eigenvalue weighted by Crippen LogP contribution is -2.24. The van der Waals surface area contributed by atoms with Crippen molar-refractivity contribution in [3.63, 3.8) is 0 Å². The van der Waals surface area contributed by atoms with Gasteiger partial charge in [-0.1, -0.05) is 28.8 Å². The van der Waals surface area contributed by atoms with Crippen LogP contribution in [-0.4, -0.2) is 10.8 Å². The van der Waals surface area contributed by atoms with Crippen LogP contribution < -0.4 is 10.7 Å². The average molecular weight is 314 g/mol. The SMILES string of the molecule is CC1=C/C(=N/NC(=S)Nc2ccc(Cl)cc2Cl)CC1. The highest BCUT2D eigenvalue weighted by Crippen LogP contribution is 2.25. The van der Waals surface area contributed by atoms with Crippen molar-refractivity contribution in [2.24, 2.45) is 5.10 Å². The molecular weight excluding hydrogens is 301 g/mol. The lowest BCUT2D eigenvalue weighted by Gasteiger charge is -2.09. The van der Waals surface area contributed by atoms with Gasteiger partial charge in [0.05, 0.1) is 16.4 Å². The Hall–Kier alpha value is -1.10. The molecule has 0 spiro atoms. The number of nitrogens with zero attached hydrogens (tertiary/aromatic N) is 1. The molecule has 100 valence electrons. The first-order valence-corrected chi connectivity index (χ1v) is 6.97. The Labute approximate surface area is 127 Å². The molecule has 0 aromatic heterocycles. The molecule has 0 radical (unpaired) electrons. The van der Waals surface area contributed by atoms with Crippen LogP contribution in [0.1, 0.15) is 19.8 Å². The lowest BCUT2D eigenvalue weighted by atomic mass is 10.3. The second-order valence-electron chi connectivity index (χ2n) is 4.28. The third-order valence-electron chi connectivity index (χ3n) is 2.67. The Kier molecular flexibility index (Phi) is 4.80. The lowest BCUT2D eigenvalue weighted by molar-refractivity contribution is 1.00. The number of halogens is 2. The van der Waals surface area contributed by atoms with Crippen LogP contribution in [0.5, 0.6) is 0 Å². The predicted molar refractivity (Wildman–Crippen MR) is 86.2 cm³/mol. The molecular formula is C13H13Cl2N3S. The number of thiocarbonyl (C=S) groups is 1. The molecule has 0 saturated carbocycles. The fourth-order valence-electron chi connectivity index (χ4n) is 1.71. The van der Waals surface area contributed by atoms with Crippen LogP contribution in [0.4, 0.5) is 5.69 Å². The third-order valence-corrected chi connectivity index (χ3v) is 3.41. The maximum absolute atomic E-state index is 6.04. The minimum atomic E-state index is 0.398. The van der Waals surface area contributed by atoms with Crippen LogP contribution in [0.3, 0.4) is 0 Å². The molecule has 1 aliphatic rings. The number of hydrazone groups is 1. The molecule has 1 aromatic rings. The number of nitrogens with one attached hydrogen (secondary N) is 2. The summed E-state index contributed by atoms with van der Waals surface area (Å²) in [5.41, 5.74) is 5.84. The summed E-state index contributed by atoms with van der Waals surface area (Å²) >= 11 is 17.0. The number of anilines is 1. The highest BCUT2D eigenvalue weighted by Gasteiger charge is 2.07. The first-order valence-electron chi connectivity index (χ1n) is 5.80. The molecule has 1 aliphatic carbocycles. The highest BCUT2D eigenvalue weighted by atomic mass is 35.5. The standard InChI is InChI=1S/C13H13Cl2N3S/c1-8-2-4-10(6-8)17-18-13(19)16-12-5-3-9(14)7-11(12)15/h3,5-7H,2,4H2,1H3,(H2,16,18,19)/b17-10+. The van der Waals surface area contributed by atoms with Crippen molar-refractivity contribution in [2.45, 2.75) is 19.8 Å². The van der Waals surface area contributed by atoms with Crippen molar-refractivity contribution in [1.82, 2.24) is 5.43 Å². The smallest absolute Gasteiger partial charge is 0.191 e.